The number of rotatable bonds is 9. The van der Waals surface area contributed by atoms with E-state index < -0.39 is 5.92 Å². The molecule has 26 heavy (non-hydrogen) atoms. The monoisotopic (exact) mass is 361 g/mol. The standard InChI is InChI=1S/C19H27N3O4/c1-2-26-19(25)15(11-14-7-4-3-5-8-14)12-21-17(23)13-22-18(24)16-9-6-10-20-16/h3-5,7-8,15-16,20H,2,6,9-13H2,1H3,(H,21,23)(H,22,24). The third kappa shape index (κ3) is 6.48. The second-order valence-corrected chi connectivity index (χ2v) is 6.31. The molecule has 1 fully saturated rings. The van der Waals surface area contributed by atoms with Crippen LogP contribution in [0.2, 0.25) is 0 Å². The molecule has 0 radical (unpaired) electrons. The van der Waals surface area contributed by atoms with Gasteiger partial charge in [0.1, 0.15) is 0 Å². The van der Waals surface area contributed by atoms with Crippen molar-refractivity contribution >= 4 is 17.8 Å². The molecule has 0 bridgehead atoms. The smallest absolute Gasteiger partial charge is 0.311 e. The summed E-state index contributed by atoms with van der Waals surface area (Å²) in [7, 11) is 0. The van der Waals surface area contributed by atoms with E-state index in [1.807, 2.05) is 30.3 Å². The summed E-state index contributed by atoms with van der Waals surface area (Å²) in [6, 6.07) is 9.37. The second-order valence-electron chi connectivity index (χ2n) is 6.31. The SMILES string of the molecule is CCOC(=O)C(CNC(=O)CNC(=O)C1CCCN1)Cc1ccccc1. The zero-order valence-electron chi connectivity index (χ0n) is 15.1. The maximum absolute atomic E-state index is 12.1. The van der Waals surface area contributed by atoms with Gasteiger partial charge in [-0.25, -0.2) is 0 Å². The molecule has 2 unspecified atom stereocenters. The van der Waals surface area contributed by atoms with Crippen LogP contribution in [0.4, 0.5) is 0 Å². The fraction of sp³-hybridized carbons (Fsp3) is 0.526. The highest BCUT2D eigenvalue weighted by Gasteiger charge is 2.23. The Morgan fingerprint density at radius 1 is 1.23 bits per heavy atom. The van der Waals surface area contributed by atoms with E-state index in [2.05, 4.69) is 16.0 Å². The number of hydrogen-bond donors (Lipinski definition) is 3. The van der Waals surface area contributed by atoms with Gasteiger partial charge >= 0.3 is 5.97 Å². The molecule has 0 aromatic heterocycles. The van der Waals surface area contributed by atoms with Gasteiger partial charge in [0.2, 0.25) is 11.8 Å². The van der Waals surface area contributed by atoms with Crippen LogP contribution >= 0.6 is 0 Å². The van der Waals surface area contributed by atoms with Crippen molar-refractivity contribution in [2.75, 3.05) is 26.2 Å². The number of carbonyl (C=O) groups excluding carboxylic acids is 3. The Morgan fingerprint density at radius 2 is 2.00 bits per heavy atom. The van der Waals surface area contributed by atoms with Gasteiger partial charge in [0.05, 0.1) is 25.1 Å². The Labute approximate surface area is 153 Å². The van der Waals surface area contributed by atoms with E-state index in [0.29, 0.717) is 13.0 Å². The minimum Gasteiger partial charge on any atom is -0.466 e. The van der Waals surface area contributed by atoms with Crippen LogP contribution < -0.4 is 16.0 Å². The van der Waals surface area contributed by atoms with Crippen LogP contribution in [0.3, 0.4) is 0 Å². The fourth-order valence-electron chi connectivity index (χ4n) is 2.90. The van der Waals surface area contributed by atoms with Gasteiger partial charge in [-0.3, -0.25) is 14.4 Å². The maximum atomic E-state index is 12.1. The van der Waals surface area contributed by atoms with E-state index in [9.17, 15) is 14.4 Å². The lowest BCUT2D eigenvalue weighted by Gasteiger charge is -2.17. The lowest BCUT2D eigenvalue weighted by Crippen LogP contribution is -2.45. The molecule has 3 N–H and O–H groups in total. The molecule has 0 aliphatic carbocycles. The minimum absolute atomic E-state index is 0.0993. The number of ether oxygens (including phenoxy) is 1. The van der Waals surface area contributed by atoms with E-state index in [1.54, 1.807) is 6.92 Å². The van der Waals surface area contributed by atoms with Crippen molar-refractivity contribution in [1.82, 2.24) is 16.0 Å². The average Bonchev–Trinajstić information content (AvgIpc) is 3.19. The molecule has 142 valence electrons. The summed E-state index contributed by atoms with van der Waals surface area (Å²) >= 11 is 0. The predicted molar refractivity (Wildman–Crippen MR) is 97.3 cm³/mol. The number of carbonyl (C=O) groups is 3. The molecule has 7 nitrogen and oxygen atoms in total. The van der Waals surface area contributed by atoms with Crippen molar-refractivity contribution in [3.8, 4) is 0 Å². The highest BCUT2D eigenvalue weighted by molar-refractivity contribution is 5.87. The summed E-state index contributed by atoms with van der Waals surface area (Å²) in [5, 5.41) is 8.42. The van der Waals surface area contributed by atoms with Crippen molar-refractivity contribution in [3.63, 3.8) is 0 Å². The van der Waals surface area contributed by atoms with Crippen LogP contribution in [0.15, 0.2) is 30.3 Å². The quantitative estimate of drug-likeness (QED) is 0.553. The predicted octanol–water partition coefficient (Wildman–Crippen LogP) is 0.393. The van der Waals surface area contributed by atoms with Crippen molar-refractivity contribution in [1.29, 1.82) is 0 Å². The molecule has 2 rings (SSSR count). The topological polar surface area (TPSA) is 96.5 Å². The summed E-state index contributed by atoms with van der Waals surface area (Å²) in [4.78, 5) is 36.0. The van der Waals surface area contributed by atoms with Crippen molar-refractivity contribution < 1.29 is 19.1 Å². The Bertz CT molecular complexity index is 600. The van der Waals surface area contributed by atoms with Crippen LogP contribution in [0.1, 0.15) is 25.3 Å². The lowest BCUT2D eigenvalue weighted by molar-refractivity contribution is -0.148. The molecular weight excluding hydrogens is 334 g/mol. The Hall–Kier alpha value is -2.41. The van der Waals surface area contributed by atoms with E-state index >= 15 is 0 Å². The number of esters is 1. The Kier molecular flexibility index (Phi) is 8.08. The van der Waals surface area contributed by atoms with E-state index in [0.717, 1.165) is 24.9 Å². The van der Waals surface area contributed by atoms with Gasteiger partial charge in [-0.05, 0) is 38.3 Å². The van der Waals surface area contributed by atoms with Gasteiger partial charge in [0, 0.05) is 6.54 Å². The zero-order valence-corrected chi connectivity index (χ0v) is 15.1. The molecule has 1 aliphatic rings. The lowest BCUT2D eigenvalue weighted by atomic mass is 9.99. The molecule has 1 saturated heterocycles. The number of hydrogen-bond acceptors (Lipinski definition) is 5. The van der Waals surface area contributed by atoms with Crippen LogP contribution in [-0.2, 0) is 25.5 Å². The summed E-state index contributed by atoms with van der Waals surface area (Å²) in [6.07, 6.45) is 2.23. The first kappa shape index (κ1) is 19.9. The zero-order chi connectivity index (χ0) is 18.8. The molecule has 0 saturated carbocycles. The molecule has 1 heterocycles. The van der Waals surface area contributed by atoms with E-state index in [1.165, 1.54) is 0 Å². The van der Waals surface area contributed by atoms with Crippen LogP contribution in [0, 0.1) is 5.92 Å². The highest BCUT2D eigenvalue weighted by atomic mass is 16.5. The van der Waals surface area contributed by atoms with Gasteiger partial charge < -0.3 is 20.7 Å². The number of nitrogens with one attached hydrogen (secondary N) is 3. The van der Waals surface area contributed by atoms with Gasteiger partial charge in [0.25, 0.3) is 0 Å². The molecule has 1 aromatic rings. The van der Waals surface area contributed by atoms with E-state index in [-0.39, 0.29) is 36.9 Å². The van der Waals surface area contributed by atoms with Crippen molar-refractivity contribution in [3.05, 3.63) is 35.9 Å². The second kappa shape index (κ2) is 10.6. The number of benzene rings is 1. The molecule has 1 aromatic carbocycles. The van der Waals surface area contributed by atoms with Crippen LogP contribution in [-0.4, -0.2) is 50.1 Å². The van der Waals surface area contributed by atoms with Crippen molar-refractivity contribution in [2.45, 2.75) is 32.2 Å². The van der Waals surface area contributed by atoms with Gasteiger partial charge in [-0.15, -0.1) is 0 Å². The fourth-order valence-corrected chi connectivity index (χ4v) is 2.90. The first-order valence-corrected chi connectivity index (χ1v) is 9.08. The summed E-state index contributed by atoms with van der Waals surface area (Å²) in [6.45, 7) is 2.94. The van der Waals surface area contributed by atoms with E-state index in [4.69, 9.17) is 4.74 Å². The third-order valence-electron chi connectivity index (χ3n) is 4.29. The van der Waals surface area contributed by atoms with Gasteiger partial charge in [0.15, 0.2) is 0 Å². The minimum atomic E-state index is -0.464. The van der Waals surface area contributed by atoms with Crippen LogP contribution in [0.5, 0.6) is 0 Å². The largest absolute Gasteiger partial charge is 0.466 e. The van der Waals surface area contributed by atoms with Crippen LogP contribution in [0.25, 0.3) is 0 Å². The first-order valence-electron chi connectivity index (χ1n) is 9.08. The molecule has 1 aliphatic heterocycles. The Balaban J connectivity index is 1.80. The number of amides is 2. The normalized spacial score (nSPS) is 17.3. The summed E-state index contributed by atoms with van der Waals surface area (Å²) in [5.41, 5.74) is 1.00. The van der Waals surface area contributed by atoms with Crippen molar-refractivity contribution in [2.24, 2.45) is 5.92 Å². The first-order chi connectivity index (χ1) is 12.6. The Morgan fingerprint density at radius 3 is 2.65 bits per heavy atom. The molecule has 2 amide bonds. The summed E-state index contributed by atoms with van der Waals surface area (Å²) < 4.78 is 5.11. The highest BCUT2D eigenvalue weighted by Crippen LogP contribution is 2.10. The molecule has 2 atom stereocenters. The average molecular weight is 361 g/mol. The third-order valence-corrected chi connectivity index (χ3v) is 4.29. The molecule has 7 heteroatoms. The van der Waals surface area contributed by atoms with Gasteiger partial charge in [-0.2, -0.15) is 0 Å². The summed E-state index contributed by atoms with van der Waals surface area (Å²) in [5.74, 6) is -1.29. The molecule has 0 spiro atoms. The molecular formula is C19H27N3O4. The maximum Gasteiger partial charge on any atom is 0.311 e. The van der Waals surface area contributed by atoms with Gasteiger partial charge in [-0.1, -0.05) is 30.3 Å².